The summed E-state index contributed by atoms with van der Waals surface area (Å²) in [5.74, 6) is -1.74. The molecule has 1 amide bonds. The number of aliphatic hydroxyl groups is 1. The van der Waals surface area contributed by atoms with E-state index in [9.17, 15) is 19.8 Å². The number of ketones is 1. The molecule has 6 nitrogen and oxygen atoms in total. The lowest BCUT2D eigenvalue weighted by Crippen LogP contribution is -2.29. The zero-order valence-corrected chi connectivity index (χ0v) is 19.1. The standard InChI is InChI=1S/C27H23ClN2O4/c28-19-5-3-4-18(16-19)25(32)23-24(17-6-12-22(31)13-7-17)30(27(34)26(23)33)21-10-8-20(9-11-21)29-14-1-2-15-29/h3-13,16,24,31-32H,1-2,14-15H2/b25-23+. The second kappa shape index (κ2) is 8.88. The first-order valence-corrected chi connectivity index (χ1v) is 11.5. The monoisotopic (exact) mass is 474 g/mol. The van der Waals surface area contributed by atoms with Crippen LogP contribution < -0.4 is 9.80 Å². The quantitative estimate of drug-likeness (QED) is 0.306. The van der Waals surface area contributed by atoms with Crippen LogP contribution in [0.4, 0.5) is 11.4 Å². The number of rotatable bonds is 4. The number of nitrogens with zero attached hydrogens (tertiary/aromatic N) is 2. The van der Waals surface area contributed by atoms with Gasteiger partial charge in [-0.1, -0.05) is 35.9 Å². The lowest BCUT2D eigenvalue weighted by atomic mass is 9.95. The maximum atomic E-state index is 13.3. The Morgan fingerprint density at radius 1 is 0.882 bits per heavy atom. The van der Waals surface area contributed by atoms with Gasteiger partial charge >= 0.3 is 0 Å². The molecule has 0 spiro atoms. The summed E-state index contributed by atoms with van der Waals surface area (Å²) in [6.07, 6.45) is 2.31. The molecule has 2 N–H and O–H groups in total. The van der Waals surface area contributed by atoms with Crippen molar-refractivity contribution >= 4 is 40.4 Å². The molecule has 1 atom stereocenters. The first kappa shape index (κ1) is 22.0. The number of aliphatic hydroxyl groups excluding tert-OH is 1. The molecule has 3 aromatic carbocycles. The molecule has 2 fully saturated rings. The van der Waals surface area contributed by atoms with Crippen LogP contribution in [0.1, 0.15) is 30.0 Å². The van der Waals surface area contributed by atoms with E-state index in [0.717, 1.165) is 31.6 Å². The lowest BCUT2D eigenvalue weighted by molar-refractivity contribution is -0.132. The maximum absolute atomic E-state index is 13.3. The number of amides is 1. The maximum Gasteiger partial charge on any atom is 0.300 e. The Labute approximate surface area is 202 Å². The van der Waals surface area contributed by atoms with Crippen molar-refractivity contribution in [3.05, 3.63) is 94.5 Å². The summed E-state index contributed by atoms with van der Waals surface area (Å²) in [5, 5.41) is 21.3. The minimum absolute atomic E-state index is 0.0263. The van der Waals surface area contributed by atoms with E-state index in [4.69, 9.17) is 11.6 Å². The zero-order valence-electron chi connectivity index (χ0n) is 18.3. The number of phenols is 1. The van der Waals surface area contributed by atoms with Gasteiger partial charge in [-0.05, 0) is 66.9 Å². The summed E-state index contributed by atoms with van der Waals surface area (Å²) in [4.78, 5) is 30.2. The fourth-order valence-electron chi connectivity index (χ4n) is 4.66. The molecule has 0 saturated carbocycles. The molecular formula is C27H23ClN2O4. The van der Waals surface area contributed by atoms with E-state index in [2.05, 4.69) is 4.90 Å². The van der Waals surface area contributed by atoms with E-state index in [1.807, 2.05) is 24.3 Å². The molecule has 1 unspecified atom stereocenters. The van der Waals surface area contributed by atoms with E-state index in [0.29, 0.717) is 21.8 Å². The average Bonchev–Trinajstić information content (AvgIpc) is 3.47. The second-order valence-corrected chi connectivity index (χ2v) is 8.92. The molecular weight excluding hydrogens is 452 g/mol. The van der Waals surface area contributed by atoms with E-state index in [1.165, 1.54) is 17.0 Å². The number of aromatic hydroxyl groups is 1. The van der Waals surface area contributed by atoms with Crippen molar-refractivity contribution in [2.45, 2.75) is 18.9 Å². The summed E-state index contributed by atoms with van der Waals surface area (Å²) in [5.41, 5.74) is 2.52. The van der Waals surface area contributed by atoms with Gasteiger partial charge in [-0.3, -0.25) is 14.5 Å². The fourth-order valence-corrected chi connectivity index (χ4v) is 4.85. The zero-order chi connectivity index (χ0) is 23.8. The van der Waals surface area contributed by atoms with Gasteiger partial charge in [0, 0.05) is 35.1 Å². The second-order valence-electron chi connectivity index (χ2n) is 8.48. The summed E-state index contributed by atoms with van der Waals surface area (Å²) < 4.78 is 0. The Balaban J connectivity index is 1.63. The van der Waals surface area contributed by atoms with Gasteiger partial charge in [-0.2, -0.15) is 0 Å². The van der Waals surface area contributed by atoms with Crippen LogP contribution in [-0.2, 0) is 9.59 Å². The Hall–Kier alpha value is -3.77. The van der Waals surface area contributed by atoms with Gasteiger partial charge < -0.3 is 15.1 Å². The van der Waals surface area contributed by atoms with Crippen LogP contribution in [-0.4, -0.2) is 35.0 Å². The number of halogens is 1. The molecule has 7 heteroatoms. The van der Waals surface area contributed by atoms with Crippen molar-refractivity contribution in [3.63, 3.8) is 0 Å². The largest absolute Gasteiger partial charge is 0.508 e. The number of benzene rings is 3. The number of hydrogen-bond acceptors (Lipinski definition) is 5. The summed E-state index contributed by atoms with van der Waals surface area (Å²) in [6.45, 7) is 1.99. The topological polar surface area (TPSA) is 81.1 Å². The number of hydrogen-bond donors (Lipinski definition) is 2. The molecule has 2 heterocycles. The number of carbonyl (C=O) groups is 2. The van der Waals surface area contributed by atoms with Crippen LogP contribution in [0.5, 0.6) is 5.75 Å². The van der Waals surface area contributed by atoms with Crippen molar-refractivity contribution in [2.75, 3.05) is 22.9 Å². The predicted molar refractivity (Wildman–Crippen MR) is 132 cm³/mol. The summed E-state index contributed by atoms with van der Waals surface area (Å²) >= 11 is 6.10. The number of Topliss-reactive ketones (excluding diaryl/α,β-unsaturated/α-hetero) is 1. The predicted octanol–water partition coefficient (Wildman–Crippen LogP) is 5.27. The van der Waals surface area contributed by atoms with Crippen LogP contribution in [0, 0.1) is 0 Å². The molecule has 172 valence electrons. The SMILES string of the molecule is O=C1C(=O)N(c2ccc(N3CCCC3)cc2)C(c2ccc(O)cc2)/C1=C(\O)c1cccc(Cl)c1. The van der Waals surface area contributed by atoms with Crippen molar-refractivity contribution in [3.8, 4) is 5.75 Å². The molecule has 2 saturated heterocycles. The summed E-state index contributed by atoms with van der Waals surface area (Å²) in [7, 11) is 0. The number of phenolic OH excluding ortho intramolecular Hbond substituents is 1. The smallest absolute Gasteiger partial charge is 0.300 e. The highest BCUT2D eigenvalue weighted by Crippen LogP contribution is 2.43. The highest BCUT2D eigenvalue weighted by molar-refractivity contribution is 6.51. The first-order chi connectivity index (χ1) is 16.4. The highest BCUT2D eigenvalue weighted by atomic mass is 35.5. The van der Waals surface area contributed by atoms with Gasteiger partial charge in [-0.25, -0.2) is 0 Å². The van der Waals surface area contributed by atoms with Gasteiger partial charge in [0.25, 0.3) is 11.7 Å². The average molecular weight is 475 g/mol. The third-order valence-electron chi connectivity index (χ3n) is 6.35. The minimum Gasteiger partial charge on any atom is -0.508 e. The van der Waals surface area contributed by atoms with Crippen molar-refractivity contribution < 1.29 is 19.8 Å². The van der Waals surface area contributed by atoms with Gasteiger partial charge in [0.15, 0.2) is 0 Å². The minimum atomic E-state index is -0.864. The van der Waals surface area contributed by atoms with Crippen molar-refractivity contribution in [2.24, 2.45) is 0 Å². The van der Waals surface area contributed by atoms with Crippen LogP contribution in [0.2, 0.25) is 5.02 Å². The number of carbonyl (C=O) groups excluding carboxylic acids is 2. The van der Waals surface area contributed by atoms with Crippen molar-refractivity contribution in [1.82, 2.24) is 0 Å². The Morgan fingerprint density at radius 2 is 1.53 bits per heavy atom. The number of anilines is 2. The highest BCUT2D eigenvalue weighted by Gasteiger charge is 2.47. The van der Waals surface area contributed by atoms with Gasteiger partial charge in [0.05, 0.1) is 11.6 Å². The van der Waals surface area contributed by atoms with Crippen LogP contribution in [0.15, 0.2) is 78.4 Å². The molecule has 34 heavy (non-hydrogen) atoms. The molecule has 0 aromatic heterocycles. The lowest BCUT2D eigenvalue weighted by Gasteiger charge is -2.26. The molecule has 2 aliphatic heterocycles. The van der Waals surface area contributed by atoms with Gasteiger partial charge in [0.2, 0.25) is 0 Å². The van der Waals surface area contributed by atoms with Gasteiger partial charge in [0.1, 0.15) is 11.5 Å². The normalized spacial score (nSPS) is 19.7. The van der Waals surface area contributed by atoms with Crippen molar-refractivity contribution in [1.29, 1.82) is 0 Å². The molecule has 2 aliphatic rings. The third-order valence-corrected chi connectivity index (χ3v) is 6.59. The Kier molecular flexibility index (Phi) is 5.75. The van der Waals surface area contributed by atoms with Crippen LogP contribution in [0.25, 0.3) is 5.76 Å². The first-order valence-electron chi connectivity index (χ1n) is 11.1. The molecule has 0 aliphatic carbocycles. The van der Waals surface area contributed by atoms with E-state index in [-0.39, 0.29) is 17.1 Å². The molecule has 5 rings (SSSR count). The molecule has 0 bridgehead atoms. The van der Waals surface area contributed by atoms with E-state index >= 15 is 0 Å². The van der Waals surface area contributed by atoms with Gasteiger partial charge in [-0.15, -0.1) is 0 Å². The van der Waals surface area contributed by atoms with Crippen LogP contribution in [0.3, 0.4) is 0 Å². The molecule has 0 radical (unpaired) electrons. The fraction of sp³-hybridized carbons (Fsp3) is 0.185. The third kappa shape index (κ3) is 3.90. The Morgan fingerprint density at radius 3 is 2.18 bits per heavy atom. The van der Waals surface area contributed by atoms with Crippen LogP contribution >= 0.6 is 11.6 Å². The summed E-state index contributed by atoms with van der Waals surface area (Å²) in [6, 6.07) is 19.5. The van der Waals surface area contributed by atoms with E-state index < -0.39 is 17.7 Å². The van der Waals surface area contributed by atoms with E-state index in [1.54, 1.807) is 36.4 Å². The Bertz CT molecular complexity index is 1280. The molecule has 3 aromatic rings.